The third kappa shape index (κ3) is 3.61. The van der Waals surface area contributed by atoms with Gasteiger partial charge in [-0.3, -0.25) is 4.79 Å². The number of amides is 1. The number of carbonyl (C=O) groups is 1. The fourth-order valence-electron chi connectivity index (χ4n) is 1.45. The van der Waals surface area contributed by atoms with Crippen molar-refractivity contribution in [1.82, 2.24) is 0 Å². The Morgan fingerprint density at radius 2 is 2.00 bits per heavy atom. The van der Waals surface area contributed by atoms with Crippen LogP contribution in [0.1, 0.15) is 4.88 Å². The van der Waals surface area contributed by atoms with Gasteiger partial charge in [-0.15, -0.1) is 11.3 Å². The van der Waals surface area contributed by atoms with Gasteiger partial charge in [-0.25, -0.2) is 0 Å². The summed E-state index contributed by atoms with van der Waals surface area (Å²) < 4.78 is 0.597. The Morgan fingerprint density at radius 1 is 1.25 bits per heavy atom. The molecule has 0 unspecified atom stereocenters. The highest BCUT2D eigenvalue weighted by molar-refractivity contribution is 7.17. The third-order valence-electron chi connectivity index (χ3n) is 2.37. The monoisotopic (exact) mass is 322 g/mol. The number of para-hydroxylation sites is 1. The van der Waals surface area contributed by atoms with Crippen molar-refractivity contribution in [3.63, 3.8) is 0 Å². The predicted octanol–water partition coefficient (Wildman–Crippen LogP) is 4.60. The van der Waals surface area contributed by atoms with Crippen LogP contribution in [-0.4, -0.2) is 5.91 Å². The maximum absolute atomic E-state index is 12.0. The molecule has 0 fully saturated rings. The van der Waals surface area contributed by atoms with Gasteiger partial charge in [0.05, 0.1) is 15.0 Å². The van der Waals surface area contributed by atoms with E-state index in [1.165, 1.54) is 17.4 Å². The molecule has 100 valence electrons. The molecule has 1 N–H and O–H groups in total. The van der Waals surface area contributed by atoms with Crippen molar-refractivity contribution >= 4 is 52.2 Å². The van der Waals surface area contributed by atoms with Gasteiger partial charge in [0, 0.05) is 4.88 Å². The molecule has 0 aliphatic rings. The summed E-state index contributed by atoms with van der Waals surface area (Å²) in [6.45, 7) is 0. The number of nitrogens with zero attached hydrogens (tertiary/aromatic N) is 1. The molecule has 1 aromatic heterocycles. The first kappa shape index (κ1) is 14.6. The maximum atomic E-state index is 12.0. The zero-order chi connectivity index (χ0) is 14.5. The van der Waals surface area contributed by atoms with Gasteiger partial charge in [0.1, 0.15) is 11.6 Å². The van der Waals surface area contributed by atoms with Crippen LogP contribution in [0.25, 0.3) is 6.08 Å². The molecular weight excluding hydrogens is 315 g/mol. The molecule has 1 aromatic carbocycles. The van der Waals surface area contributed by atoms with Gasteiger partial charge >= 0.3 is 0 Å². The van der Waals surface area contributed by atoms with E-state index in [0.717, 1.165) is 4.88 Å². The minimum Gasteiger partial charge on any atom is -0.320 e. The number of thiophene rings is 1. The Balaban J connectivity index is 2.21. The molecular formula is C14H8Cl2N2OS. The Bertz CT molecular complexity index is 716. The Kier molecular flexibility index (Phi) is 4.80. The quantitative estimate of drug-likeness (QED) is 0.663. The summed E-state index contributed by atoms with van der Waals surface area (Å²) >= 11 is 13.0. The van der Waals surface area contributed by atoms with Gasteiger partial charge in [-0.1, -0.05) is 35.3 Å². The fraction of sp³-hybridized carbons (Fsp3) is 0. The SMILES string of the molecule is N#C/C(=C/c1ccc(Cl)s1)C(=O)Nc1ccccc1Cl. The molecule has 0 aliphatic carbocycles. The second-order valence-electron chi connectivity index (χ2n) is 3.75. The second kappa shape index (κ2) is 6.58. The van der Waals surface area contributed by atoms with Crippen LogP contribution in [0.4, 0.5) is 5.69 Å². The maximum Gasteiger partial charge on any atom is 0.266 e. The van der Waals surface area contributed by atoms with E-state index in [0.29, 0.717) is 15.0 Å². The van der Waals surface area contributed by atoms with Crippen molar-refractivity contribution in [1.29, 1.82) is 5.26 Å². The van der Waals surface area contributed by atoms with E-state index in [4.69, 9.17) is 28.5 Å². The van der Waals surface area contributed by atoms with Crippen molar-refractivity contribution in [2.75, 3.05) is 5.32 Å². The van der Waals surface area contributed by atoms with E-state index in [1.54, 1.807) is 36.4 Å². The van der Waals surface area contributed by atoms with Crippen LogP contribution < -0.4 is 5.32 Å². The number of rotatable bonds is 3. The van der Waals surface area contributed by atoms with Crippen LogP contribution in [0, 0.1) is 11.3 Å². The summed E-state index contributed by atoms with van der Waals surface area (Å²) in [6.07, 6.45) is 1.49. The first-order chi connectivity index (χ1) is 9.60. The van der Waals surface area contributed by atoms with Crippen molar-refractivity contribution in [3.8, 4) is 6.07 Å². The molecule has 0 aliphatic heterocycles. The fourth-order valence-corrected chi connectivity index (χ4v) is 2.64. The van der Waals surface area contributed by atoms with E-state index in [9.17, 15) is 4.79 Å². The normalized spacial score (nSPS) is 10.9. The van der Waals surface area contributed by atoms with E-state index in [-0.39, 0.29) is 5.57 Å². The van der Waals surface area contributed by atoms with Crippen molar-refractivity contribution < 1.29 is 4.79 Å². The summed E-state index contributed by atoms with van der Waals surface area (Å²) in [5, 5.41) is 12.1. The average Bonchev–Trinajstić information content (AvgIpc) is 2.84. The molecule has 0 radical (unpaired) electrons. The molecule has 2 aromatic rings. The number of hydrogen-bond acceptors (Lipinski definition) is 3. The molecule has 0 spiro atoms. The van der Waals surface area contributed by atoms with Gasteiger partial charge < -0.3 is 5.32 Å². The first-order valence-corrected chi connectivity index (χ1v) is 7.10. The van der Waals surface area contributed by atoms with Crippen LogP contribution in [0.3, 0.4) is 0 Å². The number of carbonyl (C=O) groups excluding carboxylic acids is 1. The number of benzene rings is 1. The molecule has 2 rings (SSSR count). The van der Waals surface area contributed by atoms with Crippen molar-refractivity contribution in [2.45, 2.75) is 0 Å². The summed E-state index contributed by atoms with van der Waals surface area (Å²) in [5.74, 6) is -0.509. The van der Waals surface area contributed by atoms with Gasteiger partial charge in [-0.05, 0) is 30.3 Å². The molecule has 0 atom stereocenters. The number of anilines is 1. The highest BCUT2D eigenvalue weighted by atomic mass is 35.5. The number of halogens is 2. The van der Waals surface area contributed by atoms with Gasteiger partial charge in [0.2, 0.25) is 0 Å². The highest BCUT2D eigenvalue weighted by Gasteiger charge is 2.11. The lowest BCUT2D eigenvalue weighted by Gasteiger charge is -2.05. The predicted molar refractivity (Wildman–Crippen MR) is 83.0 cm³/mol. The van der Waals surface area contributed by atoms with Crippen LogP contribution in [0.15, 0.2) is 42.0 Å². The van der Waals surface area contributed by atoms with Crippen molar-refractivity contribution in [2.24, 2.45) is 0 Å². The summed E-state index contributed by atoms with van der Waals surface area (Å²) in [5.41, 5.74) is 0.452. The minimum absolute atomic E-state index is 0.0107. The average molecular weight is 323 g/mol. The molecule has 3 nitrogen and oxygen atoms in total. The first-order valence-electron chi connectivity index (χ1n) is 5.53. The molecule has 20 heavy (non-hydrogen) atoms. The largest absolute Gasteiger partial charge is 0.320 e. The molecule has 0 bridgehead atoms. The van der Waals surface area contributed by atoms with E-state index >= 15 is 0 Å². The minimum atomic E-state index is -0.509. The van der Waals surface area contributed by atoms with Crippen LogP contribution in [-0.2, 0) is 4.79 Å². The number of hydrogen-bond donors (Lipinski definition) is 1. The van der Waals surface area contributed by atoms with E-state index in [2.05, 4.69) is 5.32 Å². The van der Waals surface area contributed by atoms with Crippen LogP contribution >= 0.6 is 34.5 Å². The summed E-state index contributed by atoms with van der Waals surface area (Å²) in [7, 11) is 0. The lowest BCUT2D eigenvalue weighted by molar-refractivity contribution is -0.112. The molecule has 1 amide bonds. The van der Waals surface area contributed by atoms with Crippen molar-refractivity contribution in [3.05, 3.63) is 56.2 Å². The Labute approximate surface area is 130 Å². The highest BCUT2D eigenvalue weighted by Crippen LogP contribution is 2.24. The van der Waals surface area contributed by atoms with Gasteiger partial charge in [0.25, 0.3) is 5.91 Å². The van der Waals surface area contributed by atoms with Crippen LogP contribution in [0.2, 0.25) is 9.36 Å². The molecule has 1 heterocycles. The number of nitrogens with one attached hydrogen (secondary N) is 1. The van der Waals surface area contributed by atoms with Crippen LogP contribution in [0.5, 0.6) is 0 Å². The molecule has 6 heteroatoms. The Morgan fingerprint density at radius 3 is 2.60 bits per heavy atom. The third-order valence-corrected chi connectivity index (χ3v) is 3.88. The topological polar surface area (TPSA) is 52.9 Å². The number of nitriles is 1. The van der Waals surface area contributed by atoms with E-state index in [1.807, 2.05) is 6.07 Å². The van der Waals surface area contributed by atoms with Gasteiger partial charge in [0.15, 0.2) is 0 Å². The standard InChI is InChI=1S/C14H8Cl2N2OS/c15-11-3-1-2-4-12(11)18-14(19)9(8-17)7-10-5-6-13(16)20-10/h1-7H,(H,18,19)/b9-7-. The second-order valence-corrected chi connectivity index (χ2v) is 5.90. The molecule has 0 saturated carbocycles. The summed E-state index contributed by atoms with van der Waals surface area (Å²) in [6, 6.07) is 12.1. The lowest BCUT2D eigenvalue weighted by Crippen LogP contribution is -2.13. The van der Waals surface area contributed by atoms with Gasteiger partial charge in [-0.2, -0.15) is 5.26 Å². The van der Waals surface area contributed by atoms with E-state index < -0.39 is 5.91 Å². The summed E-state index contributed by atoms with van der Waals surface area (Å²) in [4.78, 5) is 12.8. The molecule has 0 saturated heterocycles. The zero-order valence-electron chi connectivity index (χ0n) is 10.1. The smallest absolute Gasteiger partial charge is 0.266 e. The zero-order valence-corrected chi connectivity index (χ0v) is 12.4. The Hall–Kier alpha value is -1.80. The lowest BCUT2D eigenvalue weighted by atomic mass is 10.2.